The molecule has 2 rings (SSSR count). The minimum atomic E-state index is -0.955. The molecule has 2 aliphatic rings. The van der Waals surface area contributed by atoms with Gasteiger partial charge in [-0.2, -0.15) is 0 Å². The van der Waals surface area contributed by atoms with Crippen LogP contribution in [0.25, 0.3) is 0 Å². The van der Waals surface area contributed by atoms with Gasteiger partial charge in [0.2, 0.25) is 0 Å². The van der Waals surface area contributed by atoms with Gasteiger partial charge in [-0.05, 0) is 20.3 Å². The molecule has 0 amide bonds. The molecule has 7 heteroatoms. The predicted molar refractivity (Wildman–Crippen MR) is 71.2 cm³/mol. The molecule has 0 aromatic heterocycles. The Balaban J connectivity index is 1.98. The number of rotatable bonds is 3. The van der Waals surface area contributed by atoms with Crippen molar-refractivity contribution in [3.8, 4) is 0 Å². The summed E-state index contributed by atoms with van der Waals surface area (Å²) in [7, 11) is 0. The molecule has 7 nitrogen and oxygen atoms in total. The molecule has 7 atom stereocenters. The first-order valence-corrected chi connectivity index (χ1v) is 7.36. The molecule has 21 heavy (non-hydrogen) atoms. The molecule has 2 saturated heterocycles. The topological polar surface area (TPSA) is 94.5 Å². The van der Waals surface area contributed by atoms with Crippen molar-refractivity contribution in [2.45, 2.75) is 83.1 Å². The van der Waals surface area contributed by atoms with Gasteiger partial charge in [-0.15, -0.1) is 0 Å². The normalized spacial score (nSPS) is 44.3. The fraction of sp³-hybridized carbons (Fsp3) is 0.929. The van der Waals surface area contributed by atoms with Crippen LogP contribution in [0.2, 0.25) is 0 Å². The molecule has 0 aromatic rings. The molecular weight excluding hydrogens is 280 g/mol. The summed E-state index contributed by atoms with van der Waals surface area (Å²) < 4.78 is 22.0. The fourth-order valence-electron chi connectivity index (χ4n) is 2.75. The van der Waals surface area contributed by atoms with Crippen LogP contribution in [0.1, 0.15) is 40.0 Å². The Labute approximate surface area is 124 Å². The zero-order chi connectivity index (χ0) is 15.6. The molecule has 2 heterocycles. The first kappa shape index (κ1) is 16.6. The summed E-state index contributed by atoms with van der Waals surface area (Å²) in [5.74, 6) is -0.422. The first-order valence-electron chi connectivity index (χ1n) is 7.36. The number of carbonyl (C=O) groups excluding carboxylic acids is 1. The van der Waals surface area contributed by atoms with Crippen molar-refractivity contribution in [1.82, 2.24) is 0 Å². The lowest BCUT2D eigenvalue weighted by Gasteiger charge is -2.41. The highest BCUT2D eigenvalue weighted by molar-refractivity contribution is 5.66. The largest absolute Gasteiger partial charge is 0.457 e. The number of aliphatic hydroxyl groups is 2. The molecule has 0 spiro atoms. The second-order valence-corrected chi connectivity index (χ2v) is 5.70. The molecule has 2 aliphatic heterocycles. The van der Waals surface area contributed by atoms with Crippen LogP contribution in [0, 0.1) is 0 Å². The third-order valence-electron chi connectivity index (χ3n) is 3.87. The van der Waals surface area contributed by atoms with Gasteiger partial charge >= 0.3 is 5.97 Å². The minimum absolute atomic E-state index is 0.207. The van der Waals surface area contributed by atoms with E-state index in [2.05, 4.69) is 0 Å². The Hall–Kier alpha value is -0.730. The Kier molecular flexibility index (Phi) is 5.56. The summed E-state index contributed by atoms with van der Waals surface area (Å²) in [5, 5.41) is 19.3. The maximum absolute atomic E-state index is 11.2. The summed E-state index contributed by atoms with van der Waals surface area (Å²) in [6, 6.07) is 0. The number of hydrogen-bond donors (Lipinski definition) is 2. The van der Waals surface area contributed by atoms with Gasteiger partial charge < -0.3 is 29.2 Å². The van der Waals surface area contributed by atoms with Crippen molar-refractivity contribution in [3.63, 3.8) is 0 Å². The van der Waals surface area contributed by atoms with Crippen LogP contribution >= 0.6 is 0 Å². The van der Waals surface area contributed by atoms with Gasteiger partial charge in [-0.1, -0.05) is 0 Å². The summed E-state index contributed by atoms with van der Waals surface area (Å²) >= 11 is 0. The maximum Gasteiger partial charge on any atom is 0.303 e. The van der Waals surface area contributed by atoms with Crippen LogP contribution in [0.4, 0.5) is 0 Å². The first-order chi connectivity index (χ1) is 9.86. The summed E-state index contributed by atoms with van der Waals surface area (Å²) in [4.78, 5) is 11.2. The minimum Gasteiger partial charge on any atom is -0.457 e. The molecule has 122 valence electrons. The van der Waals surface area contributed by atoms with E-state index in [-0.39, 0.29) is 12.5 Å². The molecule has 0 aromatic carbocycles. The highest BCUT2D eigenvalue weighted by atomic mass is 16.7. The standard InChI is InChI=1S/C14H24O7/c1-7-10(16)4-5-13(19-7)21-11-6-12(17)18-8(2)14(11)20-9(3)15/h7-8,10-14,16-17H,4-6H2,1-3H3. The van der Waals surface area contributed by atoms with Crippen LogP contribution in [0.3, 0.4) is 0 Å². The summed E-state index contributed by atoms with van der Waals surface area (Å²) in [5.41, 5.74) is 0. The Morgan fingerprint density at radius 2 is 1.86 bits per heavy atom. The highest BCUT2D eigenvalue weighted by Gasteiger charge is 2.41. The second kappa shape index (κ2) is 7.02. The van der Waals surface area contributed by atoms with E-state index in [1.165, 1.54) is 6.92 Å². The summed E-state index contributed by atoms with van der Waals surface area (Å²) in [6.07, 6.45) is -2.44. The number of aliphatic hydroxyl groups excluding tert-OH is 2. The van der Waals surface area contributed by atoms with Gasteiger partial charge in [0, 0.05) is 19.8 Å². The average molecular weight is 304 g/mol. The Bertz CT molecular complexity index is 361. The van der Waals surface area contributed by atoms with Gasteiger partial charge in [0.1, 0.15) is 6.10 Å². The zero-order valence-electron chi connectivity index (χ0n) is 12.6. The van der Waals surface area contributed by atoms with Crippen molar-refractivity contribution in [1.29, 1.82) is 0 Å². The van der Waals surface area contributed by atoms with E-state index < -0.39 is 43.0 Å². The predicted octanol–water partition coefficient (Wildman–Crippen LogP) is 0.316. The van der Waals surface area contributed by atoms with Crippen LogP contribution in [-0.2, 0) is 23.7 Å². The second-order valence-electron chi connectivity index (χ2n) is 5.70. The van der Waals surface area contributed by atoms with Crippen molar-refractivity contribution in [2.24, 2.45) is 0 Å². The lowest BCUT2D eigenvalue weighted by atomic mass is 10.0. The third-order valence-corrected chi connectivity index (χ3v) is 3.87. The molecule has 2 fully saturated rings. The van der Waals surface area contributed by atoms with Gasteiger partial charge in [0.15, 0.2) is 18.7 Å². The van der Waals surface area contributed by atoms with Gasteiger partial charge in [0.05, 0.1) is 18.3 Å². The SMILES string of the molecule is CC(=O)OC1C(C)OC(O)CC1OC1CCC(O)C(C)O1. The van der Waals surface area contributed by atoms with Gasteiger partial charge in [-0.3, -0.25) is 4.79 Å². The number of hydrogen-bond acceptors (Lipinski definition) is 7. The lowest BCUT2D eigenvalue weighted by Crippen LogP contribution is -2.52. The zero-order valence-corrected chi connectivity index (χ0v) is 12.6. The van der Waals surface area contributed by atoms with Crippen molar-refractivity contribution in [3.05, 3.63) is 0 Å². The van der Waals surface area contributed by atoms with Crippen molar-refractivity contribution < 1.29 is 34.0 Å². The van der Waals surface area contributed by atoms with E-state index in [9.17, 15) is 15.0 Å². The summed E-state index contributed by atoms with van der Waals surface area (Å²) in [6.45, 7) is 4.83. The van der Waals surface area contributed by atoms with E-state index >= 15 is 0 Å². The van der Waals surface area contributed by atoms with Crippen molar-refractivity contribution >= 4 is 5.97 Å². The Morgan fingerprint density at radius 3 is 2.48 bits per heavy atom. The van der Waals surface area contributed by atoms with E-state index in [0.29, 0.717) is 12.8 Å². The van der Waals surface area contributed by atoms with Crippen LogP contribution in [0.15, 0.2) is 0 Å². The van der Waals surface area contributed by atoms with E-state index in [1.54, 1.807) is 13.8 Å². The van der Waals surface area contributed by atoms with Crippen LogP contribution in [0.5, 0.6) is 0 Å². The Morgan fingerprint density at radius 1 is 1.14 bits per heavy atom. The highest BCUT2D eigenvalue weighted by Crippen LogP contribution is 2.28. The van der Waals surface area contributed by atoms with Crippen LogP contribution < -0.4 is 0 Å². The lowest BCUT2D eigenvalue weighted by molar-refractivity contribution is -0.292. The smallest absolute Gasteiger partial charge is 0.303 e. The molecule has 0 bridgehead atoms. The van der Waals surface area contributed by atoms with Gasteiger partial charge in [-0.25, -0.2) is 0 Å². The quantitative estimate of drug-likeness (QED) is 0.725. The molecule has 0 saturated carbocycles. The fourth-order valence-corrected chi connectivity index (χ4v) is 2.75. The molecular formula is C14H24O7. The van der Waals surface area contributed by atoms with E-state index in [4.69, 9.17) is 18.9 Å². The van der Waals surface area contributed by atoms with E-state index in [0.717, 1.165) is 0 Å². The molecule has 2 N–H and O–H groups in total. The van der Waals surface area contributed by atoms with Gasteiger partial charge in [0.25, 0.3) is 0 Å². The monoisotopic (exact) mass is 304 g/mol. The molecule has 7 unspecified atom stereocenters. The number of carbonyl (C=O) groups is 1. The molecule has 0 radical (unpaired) electrons. The number of ether oxygens (including phenoxy) is 4. The molecule has 0 aliphatic carbocycles. The van der Waals surface area contributed by atoms with Crippen molar-refractivity contribution in [2.75, 3.05) is 0 Å². The third kappa shape index (κ3) is 4.37. The van der Waals surface area contributed by atoms with Crippen LogP contribution in [-0.4, -0.2) is 59.3 Å². The van der Waals surface area contributed by atoms with E-state index in [1.807, 2.05) is 0 Å². The number of esters is 1. The maximum atomic E-state index is 11.2. The average Bonchev–Trinajstić information content (AvgIpc) is 2.38.